The zero-order chi connectivity index (χ0) is 15.4. The molecule has 2 unspecified atom stereocenters. The number of carboxylic acids is 1. The predicted octanol–water partition coefficient (Wildman–Crippen LogP) is 3.07. The van der Waals surface area contributed by atoms with Crippen molar-refractivity contribution in [2.75, 3.05) is 0 Å². The van der Waals surface area contributed by atoms with E-state index >= 15 is 0 Å². The monoisotopic (exact) mass is 289 g/mol. The first-order valence-electron chi connectivity index (χ1n) is 7.60. The Bertz CT molecular complexity index is 539. The minimum absolute atomic E-state index is 0.161. The average molecular weight is 289 g/mol. The molecule has 0 radical (unpaired) electrons. The molecular formula is C17H23NO3. The molecular weight excluding hydrogens is 266 g/mol. The third kappa shape index (κ3) is 3.84. The van der Waals surface area contributed by atoms with Crippen LogP contribution in [-0.4, -0.2) is 23.0 Å². The molecule has 114 valence electrons. The van der Waals surface area contributed by atoms with Crippen LogP contribution in [0.2, 0.25) is 0 Å². The molecule has 1 aromatic carbocycles. The van der Waals surface area contributed by atoms with Crippen molar-refractivity contribution in [1.82, 2.24) is 5.32 Å². The lowest BCUT2D eigenvalue weighted by Gasteiger charge is -2.23. The van der Waals surface area contributed by atoms with Crippen molar-refractivity contribution >= 4 is 11.9 Å². The molecule has 21 heavy (non-hydrogen) atoms. The third-order valence-electron chi connectivity index (χ3n) is 4.28. The van der Waals surface area contributed by atoms with E-state index in [1.165, 1.54) is 0 Å². The number of rotatable bonds is 3. The van der Waals surface area contributed by atoms with Gasteiger partial charge in [0, 0.05) is 11.6 Å². The molecule has 1 fully saturated rings. The quantitative estimate of drug-likeness (QED) is 0.840. The lowest BCUT2D eigenvalue weighted by atomic mass is 9.94. The van der Waals surface area contributed by atoms with Gasteiger partial charge in [-0.25, -0.2) is 0 Å². The zero-order valence-corrected chi connectivity index (χ0v) is 12.7. The smallest absolute Gasteiger partial charge is 0.308 e. The summed E-state index contributed by atoms with van der Waals surface area (Å²) in [4.78, 5) is 23.8. The van der Waals surface area contributed by atoms with Crippen LogP contribution >= 0.6 is 0 Å². The van der Waals surface area contributed by atoms with Gasteiger partial charge < -0.3 is 10.4 Å². The van der Waals surface area contributed by atoms with Crippen LogP contribution in [-0.2, 0) is 4.79 Å². The lowest BCUT2D eigenvalue weighted by Crippen LogP contribution is -2.43. The van der Waals surface area contributed by atoms with Crippen LogP contribution in [0.5, 0.6) is 0 Å². The van der Waals surface area contributed by atoms with Crippen LogP contribution in [0, 0.1) is 19.8 Å². The Morgan fingerprint density at radius 3 is 2.52 bits per heavy atom. The Morgan fingerprint density at radius 2 is 1.86 bits per heavy atom. The zero-order valence-electron chi connectivity index (χ0n) is 12.7. The summed E-state index contributed by atoms with van der Waals surface area (Å²) in [5, 5.41) is 12.3. The number of carboxylic acid groups (broad SMARTS) is 1. The summed E-state index contributed by atoms with van der Waals surface area (Å²) in [5.74, 6) is -1.43. The maximum absolute atomic E-state index is 12.4. The molecule has 0 aliphatic heterocycles. The molecule has 0 aromatic heterocycles. The number of hydrogen-bond donors (Lipinski definition) is 2. The molecule has 4 nitrogen and oxygen atoms in total. The van der Waals surface area contributed by atoms with Gasteiger partial charge in [-0.05, 0) is 38.3 Å². The number of hydrogen-bond acceptors (Lipinski definition) is 2. The highest BCUT2D eigenvalue weighted by Gasteiger charge is 2.30. The first-order chi connectivity index (χ1) is 9.99. The van der Waals surface area contributed by atoms with Gasteiger partial charge in [-0.2, -0.15) is 0 Å². The topological polar surface area (TPSA) is 66.4 Å². The largest absolute Gasteiger partial charge is 0.481 e. The molecule has 0 heterocycles. The first kappa shape index (κ1) is 15.5. The highest BCUT2D eigenvalue weighted by atomic mass is 16.4. The van der Waals surface area contributed by atoms with E-state index < -0.39 is 11.9 Å². The lowest BCUT2D eigenvalue weighted by molar-refractivity contribution is -0.142. The van der Waals surface area contributed by atoms with Gasteiger partial charge in [0.15, 0.2) is 0 Å². The summed E-state index contributed by atoms with van der Waals surface area (Å²) in [6.07, 6.45) is 4.33. The molecule has 2 N–H and O–H groups in total. The molecule has 1 aromatic rings. The Balaban J connectivity index is 2.14. The summed E-state index contributed by atoms with van der Waals surface area (Å²) in [7, 11) is 0. The van der Waals surface area contributed by atoms with Crippen LogP contribution in [0.3, 0.4) is 0 Å². The van der Waals surface area contributed by atoms with E-state index in [-0.39, 0.29) is 11.9 Å². The number of carbonyl (C=O) groups is 2. The number of carbonyl (C=O) groups excluding carboxylic acids is 1. The summed E-state index contributed by atoms with van der Waals surface area (Å²) in [6.45, 7) is 3.89. The van der Waals surface area contributed by atoms with Crippen LogP contribution in [0.1, 0.15) is 53.6 Å². The Hall–Kier alpha value is -1.84. The van der Waals surface area contributed by atoms with Gasteiger partial charge in [0.05, 0.1) is 5.92 Å². The molecule has 1 aliphatic carbocycles. The maximum atomic E-state index is 12.4. The van der Waals surface area contributed by atoms with Gasteiger partial charge in [0.25, 0.3) is 5.91 Å². The van der Waals surface area contributed by atoms with Gasteiger partial charge in [0.2, 0.25) is 0 Å². The Morgan fingerprint density at radius 1 is 1.14 bits per heavy atom. The van der Waals surface area contributed by atoms with E-state index in [9.17, 15) is 14.7 Å². The number of benzene rings is 1. The van der Waals surface area contributed by atoms with E-state index in [4.69, 9.17) is 0 Å². The summed E-state index contributed by atoms with van der Waals surface area (Å²) < 4.78 is 0. The fourth-order valence-electron chi connectivity index (χ4n) is 3.09. The fourth-order valence-corrected chi connectivity index (χ4v) is 3.09. The number of aryl methyl sites for hydroxylation is 2. The van der Waals surface area contributed by atoms with Crippen molar-refractivity contribution in [3.63, 3.8) is 0 Å². The molecule has 0 bridgehead atoms. The van der Waals surface area contributed by atoms with Gasteiger partial charge in [-0.15, -0.1) is 0 Å². The van der Waals surface area contributed by atoms with E-state index in [0.29, 0.717) is 12.0 Å². The predicted molar refractivity (Wildman–Crippen MR) is 81.4 cm³/mol. The van der Waals surface area contributed by atoms with Crippen LogP contribution < -0.4 is 5.32 Å². The van der Waals surface area contributed by atoms with E-state index in [1.807, 2.05) is 32.0 Å². The van der Waals surface area contributed by atoms with E-state index in [0.717, 1.165) is 36.8 Å². The van der Waals surface area contributed by atoms with Crippen LogP contribution in [0.25, 0.3) is 0 Å². The number of aliphatic carboxylic acids is 1. The highest BCUT2D eigenvalue weighted by Crippen LogP contribution is 2.24. The molecule has 4 heteroatoms. The van der Waals surface area contributed by atoms with Gasteiger partial charge in [-0.3, -0.25) is 9.59 Å². The molecule has 2 rings (SSSR count). The second-order valence-corrected chi connectivity index (χ2v) is 5.98. The van der Waals surface area contributed by atoms with E-state index in [1.54, 1.807) is 0 Å². The standard InChI is InChI=1S/C17H23NO3/c1-11-8-9-13(12(2)10-11)16(19)18-15-7-5-3-4-6-14(15)17(20)21/h8-10,14-15H,3-7H2,1-2H3,(H,18,19)(H,20,21). The molecule has 0 spiro atoms. The minimum atomic E-state index is -0.803. The van der Waals surface area contributed by atoms with Crippen LogP contribution in [0.15, 0.2) is 18.2 Å². The Labute approximate surface area is 125 Å². The average Bonchev–Trinajstić information content (AvgIpc) is 2.63. The second-order valence-electron chi connectivity index (χ2n) is 5.98. The third-order valence-corrected chi connectivity index (χ3v) is 4.28. The summed E-state index contributed by atoms with van der Waals surface area (Å²) in [5.41, 5.74) is 2.67. The fraction of sp³-hybridized carbons (Fsp3) is 0.529. The highest BCUT2D eigenvalue weighted by molar-refractivity contribution is 5.96. The second kappa shape index (κ2) is 6.74. The van der Waals surface area contributed by atoms with Crippen molar-refractivity contribution in [3.8, 4) is 0 Å². The first-order valence-corrected chi connectivity index (χ1v) is 7.60. The van der Waals surface area contributed by atoms with Crippen molar-refractivity contribution in [3.05, 3.63) is 34.9 Å². The van der Waals surface area contributed by atoms with Crippen LogP contribution in [0.4, 0.5) is 0 Å². The van der Waals surface area contributed by atoms with Crippen molar-refractivity contribution in [2.24, 2.45) is 5.92 Å². The SMILES string of the molecule is Cc1ccc(C(=O)NC2CCCCCC2C(=O)O)c(C)c1. The molecule has 1 aliphatic rings. The number of amides is 1. The molecule has 1 saturated carbocycles. The van der Waals surface area contributed by atoms with Gasteiger partial charge in [-0.1, -0.05) is 37.0 Å². The van der Waals surface area contributed by atoms with Gasteiger partial charge >= 0.3 is 5.97 Å². The Kier molecular flexibility index (Phi) is 4.99. The van der Waals surface area contributed by atoms with Gasteiger partial charge in [0.1, 0.15) is 0 Å². The number of nitrogens with one attached hydrogen (secondary N) is 1. The summed E-state index contributed by atoms with van der Waals surface area (Å²) >= 11 is 0. The van der Waals surface area contributed by atoms with E-state index in [2.05, 4.69) is 5.32 Å². The molecule has 2 atom stereocenters. The van der Waals surface area contributed by atoms with Crippen molar-refractivity contribution in [2.45, 2.75) is 52.0 Å². The van der Waals surface area contributed by atoms with Crippen molar-refractivity contribution < 1.29 is 14.7 Å². The summed E-state index contributed by atoms with van der Waals surface area (Å²) in [6, 6.07) is 5.42. The normalized spacial score (nSPS) is 22.4. The molecule has 0 saturated heterocycles. The minimum Gasteiger partial charge on any atom is -0.481 e. The van der Waals surface area contributed by atoms with Crippen molar-refractivity contribution in [1.29, 1.82) is 0 Å². The molecule has 1 amide bonds. The maximum Gasteiger partial charge on any atom is 0.308 e.